The highest BCUT2D eigenvalue weighted by Gasteiger charge is 2.43. The number of nitrogens with one attached hydrogen (secondary N) is 1. The molecule has 0 aliphatic carbocycles. The van der Waals surface area contributed by atoms with Gasteiger partial charge >= 0.3 is 13.5 Å². The summed E-state index contributed by atoms with van der Waals surface area (Å²) in [5.74, 6) is 0. The van der Waals surface area contributed by atoms with Crippen molar-refractivity contribution in [3.8, 4) is 0 Å². The zero-order valence-corrected chi connectivity index (χ0v) is 15.0. The van der Waals surface area contributed by atoms with Crippen LogP contribution in [0.1, 0.15) is 18.2 Å². The summed E-state index contributed by atoms with van der Waals surface area (Å²) in [5.41, 5.74) is -0.763. The number of methoxy groups -OCH3 is 1. The summed E-state index contributed by atoms with van der Waals surface area (Å²) in [5, 5.41) is 0. The topological polar surface area (TPSA) is 129 Å². The largest absolute Gasteiger partial charge is 0.472 e. The van der Waals surface area contributed by atoms with E-state index in [-0.39, 0.29) is 6.42 Å². The highest BCUT2D eigenvalue weighted by atomic mass is 31.2. The van der Waals surface area contributed by atoms with Gasteiger partial charge in [-0.15, -0.1) is 6.58 Å². The molecule has 10 nitrogen and oxygen atoms in total. The molecule has 2 heterocycles. The van der Waals surface area contributed by atoms with Gasteiger partial charge in [0.05, 0.1) is 6.10 Å². The zero-order valence-electron chi connectivity index (χ0n) is 14.1. The quantitative estimate of drug-likeness (QED) is 0.519. The van der Waals surface area contributed by atoms with Gasteiger partial charge in [-0.05, 0) is 6.92 Å². The number of aromatic amines is 1. The van der Waals surface area contributed by atoms with Crippen LogP contribution in [0.15, 0.2) is 28.4 Å². The predicted molar refractivity (Wildman–Crippen MR) is 87.3 cm³/mol. The van der Waals surface area contributed by atoms with Crippen LogP contribution >= 0.6 is 7.82 Å². The second kappa shape index (κ2) is 7.77. The van der Waals surface area contributed by atoms with Gasteiger partial charge in [0.2, 0.25) is 0 Å². The van der Waals surface area contributed by atoms with Crippen LogP contribution < -0.4 is 11.2 Å². The highest BCUT2D eigenvalue weighted by molar-refractivity contribution is 7.47. The number of rotatable bonds is 7. The van der Waals surface area contributed by atoms with E-state index < -0.39 is 43.6 Å². The molecule has 1 aliphatic heterocycles. The number of nitrogens with zero attached hydrogens (tertiary/aromatic N) is 1. The third kappa shape index (κ3) is 4.35. The van der Waals surface area contributed by atoms with E-state index >= 15 is 0 Å². The molecule has 1 aromatic rings. The van der Waals surface area contributed by atoms with Crippen LogP contribution in [0.4, 0.5) is 0 Å². The van der Waals surface area contributed by atoms with E-state index in [4.69, 9.17) is 14.0 Å². The molecule has 2 rings (SSSR count). The van der Waals surface area contributed by atoms with Crippen molar-refractivity contribution in [2.45, 2.75) is 37.9 Å². The van der Waals surface area contributed by atoms with E-state index in [9.17, 15) is 19.0 Å². The van der Waals surface area contributed by atoms with Crippen molar-refractivity contribution in [3.05, 3.63) is 45.3 Å². The molecule has 0 bridgehead atoms. The van der Waals surface area contributed by atoms with E-state index in [1.807, 2.05) is 0 Å². The van der Waals surface area contributed by atoms with Crippen LogP contribution in [0.2, 0.25) is 0 Å². The van der Waals surface area contributed by atoms with Crippen LogP contribution in [-0.2, 0) is 23.1 Å². The Kier molecular flexibility index (Phi) is 6.15. The van der Waals surface area contributed by atoms with Crippen LogP contribution in [0, 0.1) is 6.92 Å². The number of H-pyrrole nitrogens is 1. The summed E-state index contributed by atoms with van der Waals surface area (Å²) in [6, 6.07) is 0. The average Bonchev–Trinajstić information content (AvgIpc) is 3.00. The third-order valence-corrected chi connectivity index (χ3v) is 4.89. The Bertz CT molecular complexity index is 788. The molecule has 11 heteroatoms. The number of ether oxygens (including phenoxy) is 2. The Balaban J connectivity index is 2.29. The molecule has 0 spiro atoms. The van der Waals surface area contributed by atoms with Gasteiger partial charge in [-0.3, -0.25) is 23.4 Å². The molecule has 1 aliphatic rings. The third-order valence-electron chi connectivity index (χ3n) is 3.92. The number of hydrogen-bond acceptors (Lipinski definition) is 7. The lowest BCUT2D eigenvalue weighted by atomic mass is 10.1. The van der Waals surface area contributed by atoms with E-state index in [0.717, 1.165) is 7.11 Å². The lowest BCUT2D eigenvalue weighted by Gasteiger charge is -2.25. The molecular formula is C14H21N2O8P. The second-order valence-corrected chi connectivity index (χ2v) is 7.01. The van der Waals surface area contributed by atoms with E-state index in [2.05, 4.69) is 16.1 Å². The highest BCUT2D eigenvalue weighted by Crippen LogP contribution is 2.46. The van der Waals surface area contributed by atoms with Gasteiger partial charge in [-0.1, -0.05) is 6.08 Å². The Morgan fingerprint density at radius 2 is 2.20 bits per heavy atom. The zero-order chi connectivity index (χ0) is 18.8. The monoisotopic (exact) mass is 376 g/mol. The predicted octanol–water partition coefficient (Wildman–Crippen LogP) is 0.466. The van der Waals surface area contributed by atoms with Crippen molar-refractivity contribution in [1.82, 2.24) is 9.55 Å². The fraction of sp³-hybridized carbons (Fsp3) is 0.571. The molecule has 5 unspecified atom stereocenters. The molecule has 5 atom stereocenters. The molecule has 1 saturated heterocycles. The number of phosphoric ester groups is 1. The minimum atomic E-state index is -4.27. The van der Waals surface area contributed by atoms with Gasteiger partial charge in [0.1, 0.15) is 18.4 Å². The average molecular weight is 376 g/mol. The Hall–Kier alpha value is -1.55. The van der Waals surface area contributed by atoms with Crippen LogP contribution in [0.3, 0.4) is 0 Å². The van der Waals surface area contributed by atoms with E-state index in [0.29, 0.717) is 5.56 Å². The van der Waals surface area contributed by atoms with E-state index in [1.54, 1.807) is 6.92 Å². The number of aryl methyl sites for hydroxylation is 1. The van der Waals surface area contributed by atoms with Gasteiger partial charge in [0.15, 0.2) is 0 Å². The maximum Gasteiger partial charge on any atom is 0.472 e. The van der Waals surface area contributed by atoms with Crippen molar-refractivity contribution >= 4 is 7.82 Å². The van der Waals surface area contributed by atoms with Crippen molar-refractivity contribution < 1.29 is 28.0 Å². The lowest BCUT2D eigenvalue weighted by molar-refractivity contribution is -0.0741. The summed E-state index contributed by atoms with van der Waals surface area (Å²) in [6.45, 7) is 5.13. The molecule has 0 amide bonds. The van der Waals surface area contributed by atoms with Crippen LogP contribution in [0.5, 0.6) is 0 Å². The first-order chi connectivity index (χ1) is 11.7. The summed E-state index contributed by atoms with van der Waals surface area (Å²) in [4.78, 5) is 35.2. The van der Waals surface area contributed by atoms with Crippen molar-refractivity contribution in [2.75, 3.05) is 14.2 Å². The SMILES string of the molecule is C=CC(OP(=O)(O)OC)C1OC(n2cc(C)c(=O)[nH]c2=O)CC1OC. The lowest BCUT2D eigenvalue weighted by Crippen LogP contribution is -2.36. The van der Waals surface area contributed by atoms with Crippen molar-refractivity contribution in [3.63, 3.8) is 0 Å². The van der Waals surface area contributed by atoms with Crippen LogP contribution in [0.25, 0.3) is 0 Å². The molecule has 0 radical (unpaired) electrons. The molecule has 2 N–H and O–H groups in total. The summed E-state index contributed by atoms with van der Waals surface area (Å²) >= 11 is 0. The first-order valence-electron chi connectivity index (χ1n) is 7.42. The summed E-state index contributed by atoms with van der Waals surface area (Å²) in [7, 11) is -1.79. The fourth-order valence-electron chi connectivity index (χ4n) is 2.59. The minimum absolute atomic E-state index is 0.267. The Morgan fingerprint density at radius 3 is 2.76 bits per heavy atom. The number of hydrogen-bond donors (Lipinski definition) is 2. The number of phosphoric acid groups is 1. The second-order valence-electron chi connectivity index (χ2n) is 5.50. The maximum absolute atomic E-state index is 12.0. The number of aromatic nitrogens is 2. The molecule has 1 fully saturated rings. The van der Waals surface area contributed by atoms with Gasteiger partial charge < -0.3 is 14.4 Å². The van der Waals surface area contributed by atoms with Gasteiger partial charge in [0, 0.05) is 32.4 Å². The van der Waals surface area contributed by atoms with Gasteiger partial charge in [0.25, 0.3) is 5.56 Å². The molecule has 1 aromatic heterocycles. The summed E-state index contributed by atoms with van der Waals surface area (Å²) in [6.07, 6.45) is -0.150. The fourth-order valence-corrected chi connectivity index (χ4v) is 3.19. The van der Waals surface area contributed by atoms with Gasteiger partial charge in [-0.25, -0.2) is 9.36 Å². The standard InChI is InChI=1S/C14H21N2O8P/c1-5-9(24-25(19,20)22-4)12-10(21-3)6-11(23-12)16-7-8(2)13(17)15-14(16)18/h5,7,9-12H,1,6H2,2-4H3,(H,19,20)(H,15,17,18). The molecule has 0 aromatic carbocycles. The van der Waals surface area contributed by atoms with Crippen molar-refractivity contribution in [2.24, 2.45) is 0 Å². The molecule has 0 saturated carbocycles. The molecule has 25 heavy (non-hydrogen) atoms. The first kappa shape index (κ1) is 19.8. The first-order valence-corrected chi connectivity index (χ1v) is 8.91. The van der Waals surface area contributed by atoms with Crippen molar-refractivity contribution in [1.29, 1.82) is 0 Å². The Labute approximate surface area is 143 Å². The van der Waals surface area contributed by atoms with Gasteiger partial charge in [-0.2, -0.15) is 0 Å². The molecular weight excluding hydrogens is 355 g/mol. The van der Waals surface area contributed by atoms with E-state index in [1.165, 1.54) is 23.9 Å². The maximum atomic E-state index is 12.0. The summed E-state index contributed by atoms with van der Waals surface area (Å²) < 4.78 is 33.5. The smallest absolute Gasteiger partial charge is 0.378 e. The van der Waals surface area contributed by atoms with Crippen LogP contribution in [-0.4, -0.2) is 47.0 Å². The normalized spacial score (nSPS) is 27.0. The minimum Gasteiger partial charge on any atom is -0.378 e. The Morgan fingerprint density at radius 1 is 1.52 bits per heavy atom. The molecule has 140 valence electrons.